The van der Waals surface area contributed by atoms with Gasteiger partial charge in [-0.2, -0.15) is 0 Å². The van der Waals surface area contributed by atoms with Crippen molar-refractivity contribution in [3.05, 3.63) is 82.9 Å². The molecule has 0 fully saturated rings. The Morgan fingerprint density at radius 3 is 1.91 bits per heavy atom. The molecule has 1 aliphatic rings. The molecular formula is C19H17ClO3. The number of hydrogen-bond acceptors (Lipinski definition) is 3. The van der Waals surface area contributed by atoms with Crippen LogP contribution in [0, 0.1) is 0 Å². The van der Waals surface area contributed by atoms with Crippen LogP contribution in [0.2, 0.25) is 0 Å². The van der Waals surface area contributed by atoms with Crippen molar-refractivity contribution in [2.75, 3.05) is 0 Å². The van der Waals surface area contributed by atoms with E-state index < -0.39 is 12.2 Å². The van der Waals surface area contributed by atoms with Gasteiger partial charge in [0, 0.05) is 0 Å². The summed E-state index contributed by atoms with van der Waals surface area (Å²) in [5.74, 6) is -0.222. The number of carbonyl (C=O) groups excluding carboxylic acids is 1. The van der Waals surface area contributed by atoms with E-state index in [1.165, 1.54) is 0 Å². The second kappa shape index (κ2) is 7.55. The number of benzene rings is 2. The maximum absolute atomic E-state index is 12.1. The molecule has 0 spiro atoms. The summed E-state index contributed by atoms with van der Waals surface area (Å²) in [4.78, 5) is 12.1. The molecule has 0 saturated carbocycles. The molecule has 0 aliphatic heterocycles. The quantitative estimate of drug-likeness (QED) is 0.807. The monoisotopic (exact) mass is 328 g/mol. The van der Waals surface area contributed by atoms with Gasteiger partial charge >= 0.3 is 0 Å². The van der Waals surface area contributed by atoms with E-state index in [0.29, 0.717) is 13.2 Å². The minimum atomic E-state index is -0.689. The van der Waals surface area contributed by atoms with Crippen LogP contribution >= 0.6 is 11.6 Å². The highest BCUT2D eigenvalue weighted by Gasteiger charge is 2.36. The molecule has 0 aromatic heterocycles. The van der Waals surface area contributed by atoms with Gasteiger partial charge in [0.25, 0.3) is 0 Å². The lowest BCUT2D eigenvalue weighted by Crippen LogP contribution is -2.32. The predicted octanol–water partition coefficient (Wildman–Crippen LogP) is 3.86. The number of ether oxygens (including phenoxy) is 2. The Labute approximate surface area is 140 Å². The summed E-state index contributed by atoms with van der Waals surface area (Å²) < 4.78 is 11.6. The molecule has 3 rings (SSSR count). The van der Waals surface area contributed by atoms with E-state index in [-0.39, 0.29) is 10.8 Å². The first kappa shape index (κ1) is 15.9. The molecule has 0 heterocycles. The molecule has 0 amide bonds. The Bertz CT molecular complexity index is 682. The van der Waals surface area contributed by atoms with Gasteiger partial charge in [0.2, 0.25) is 5.78 Å². The normalized spacial score (nSPS) is 20.6. The number of halogens is 1. The van der Waals surface area contributed by atoms with E-state index in [1.54, 1.807) is 6.08 Å². The molecule has 0 unspecified atom stereocenters. The molecule has 1 aliphatic carbocycles. The smallest absolute Gasteiger partial charge is 0.205 e. The first-order valence-corrected chi connectivity index (χ1v) is 7.84. The molecule has 0 N–H and O–H groups in total. The van der Waals surface area contributed by atoms with Crippen molar-refractivity contribution in [3.8, 4) is 0 Å². The first-order chi connectivity index (χ1) is 11.2. The van der Waals surface area contributed by atoms with Crippen LogP contribution in [0.5, 0.6) is 0 Å². The van der Waals surface area contributed by atoms with E-state index in [4.69, 9.17) is 21.1 Å². The van der Waals surface area contributed by atoms with Crippen molar-refractivity contribution in [2.24, 2.45) is 0 Å². The summed E-state index contributed by atoms with van der Waals surface area (Å²) in [5, 5.41) is 0.182. The van der Waals surface area contributed by atoms with Gasteiger partial charge in [-0.25, -0.2) is 0 Å². The molecule has 2 atom stereocenters. The highest BCUT2D eigenvalue weighted by molar-refractivity contribution is 6.44. The number of hydrogen-bond donors (Lipinski definition) is 0. The molecule has 23 heavy (non-hydrogen) atoms. The molecule has 0 radical (unpaired) electrons. The van der Waals surface area contributed by atoms with Gasteiger partial charge in [-0.15, -0.1) is 0 Å². The Morgan fingerprint density at radius 1 is 0.826 bits per heavy atom. The van der Waals surface area contributed by atoms with E-state index in [9.17, 15) is 4.79 Å². The zero-order chi connectivity index (χ0) is 16.1. The van der Waals surface area contributed by atoms with Crippen LogP contribution in [-0.4, -0.2) is 18.0 Å². The predicted molar refractivity (Wildman–Crippen MR) is 89.0 cm³/mol. The van der Waals surface area contributed by atoms with Gasteiger partial charge in [-0.3, -0.25) is 4.79 Å². The number of ketones is 1. The molecule has 4 heteroatoms. The maximum atomic E-state index is 12.1. The van der Waals surface area contributed by atoms with Crippen LogP contribution in [0.25, 0.3) is 0 Å². The van der Waals surface area contributed by atoms with E-state index >= 15 is 0 Å². The minimum absolute atomic E-state index is 0.182. The fraction of sp³-hybridized carbons (Fsp3) is 0.211. The minimum Gasteiger partial charge on any atom is -0.366 e. The van der Waals surface area contributed by atoms with Gasteiger partial charge in [0.1, 0.15) is 6.10 Å². The van der Waals surface area contributed by atoms with Crippen LogP contribution < -0.4 is 0 Å². The van der Waals surface area contributed by atoms with Crippen molar-refractivity contribution < 1.29 is 14.3 Å². The third kappa shape index (κ3) is 4.08. The molecular weight excluding hydrogens is 312 g/mol. The Hall–Kier alpha value is -1.94. The second-order valence-electron chi connectivity index (χ2n) is 5.36. The molecule has 2 aromatic rings. The molecule has 2 aromatic carbocycles. The zero-order valence-corrected chi connectivity index (χ0v) is 13.3. The largest absolute Gasteiger partial charge is 0.366 e. The number of rotatable bonds is 6. The molecule has 0 bridgehead atoms. The van der Waals surface area contributed by atoms with Gasteiger partial charge in [0.15, 0.2) is 6.10 Å². The lowest BCUT2D eigenvalue weighted by Gasteiger charge is -2.19. The third-order valence-electron chi connectivity index (χ3n) is 3.66. The van der Waals surface area contributed by atoms with Crippen molar-refractivity contribution in [1.29, 1.82) is 0 Å². The maximum Gasteiger partial charge on any atom is 0.205 e. The van der Waals surface area contributed by atoms with Crippen LogP contribution in [0.4, 0.5) is 0 Å². The standard InChI is InChI=1S/C19H17ClO3/c20-16-11-17(22-12-14-7-3-1-4-8-14)19(18(16)21)23-13-15-9-5-2-6-10-15/h1-11,17,19H,12-13H2/t17-,19-/m1/s1. The Morgan fingerprint density at radius 2 is 1.35 bits per heavy atom. The van der Waals surface area contributed by atoms with Crippen LogP contribution in [0.1, 0.15) is 11.1 Å². The zero-order valence-electron chi connectivity index (χ0n) is 12.5. The first-order valence-electron chi connectivity index (χ1n) is 7.46. The summed E-state index contributed by atoms with van der Waals surface area (Å²) in [6.45, 7) is 0.755. The van der Waals surface area contributed by atoms with Crippen LogP contribution in [0.15, 0.2) is 71.8 Å². The van der Waals surface area contributed by atoms with Gasteiger partial charge < -0.3 is 9.47 Å². The third-order valence-corrected chi connectivity index (χ3v) is 3.97. The van der Waals surface area contributed by atoms with Crippen molar-refractivity contribution in [3.63, 3.8) is 0 Å². The summed E-state index contributed by atoms with van der Waals surface area (Å²) in [5.41, 5.74) is 2.04. The highest BCUT2D eigenvalue weighted by Crippen LogP contribution is 2.25. The summed E-state index contributed by atoms with van der Waals surface area (Å²) in [7, 11) is 0. The Balaban J connectivity index is 1.61. The average Bonchev–Trinajstić information content (AvgIpc) is 2.87. The number of Topliss-reactive ketones (excluding diaryl/α,β-unsaturated/α-hetero) is 1. The Kier molecular flexibility index (Phi) is 5.23. The average molecular weight is 329 g/mol. The van der Waals surface area contributed by atoms with E-state index in [0.717, 1.165) is 11.1 Å². The van der Waals surface area contributed by atoms with Crippen molar-refractivity contribution in [2.45, 2.75) is 25.4 Å². The lowest BCUT2D eigenvalue weighted by molar-refractivity contribution is -0.133. The molecule has 3 nitrogen and oxygen atoms in total. The fourth-order valence-corrected chi connectivity index (χ4v) is 2.66. The van der Waals surface area contributed by atoms with Crippen molar-refractivity contribution >= 4 is 17.4 Å². The van der Waals surface area contributed by atoms with Crippen molar-refractivity contribution in [1.82, 2.24) is 0 Å². The lowest BCUT2D eigenvalue weighted by atomic mass is 10.2. The number of carbonyl (C=O) groups is 1. The fourth-order valence-electron chi connectivity index (χ4n) is 2.43. The summed E-state index contributed by atoms with van der Waals surface area (Å²) >= 11 is 5.97. The summed E-state index contributed by atoms with van der Waals surface area (Å²) in [6, 6.07) is 19.5. The van der Waals surface area contributed by atoms with Crippen LogP contribution in [-0.2, 0) is 27.5 Å². The SMILES string of the molecule is O=C1C(Cl)=C[C@@H](OCc2ccccc2)[C@H]1OCc1ccccc1. The summed E-state index contributed by atoms with van der Waals surface area (Å²) in [6.07, 6.45) is 0.480. The van der Waals surface area contributed by atoms with Crippen LogP contribution in [0.3, 0.4) is 0 Å². The highest BCUT2D eigenvalue weighted by atomic mass is 35.5. The van der Waals surface area contributed by atoms with Gasteiger partial charge in [-0.1, -0.05) is 72.3 Å². The molecule has 0 saturated heterocycles. The topological polar surface area (TPSA) is 35.5 Å². The van der Waals surface area contributed by atoms with Gasteiger partial charge in [-0.05, 0) is 17.2 Å². The molecule has 118 valence electrons. The van der Waals surface area contributed by atoms with E-state index in [1.807, 2.05) is 60.7 Å². The van der Waals surface area contributed by atoms with E-state index in [2.05, 4.69) is 0 Å². The van der Waals surface area contributed by atoms with Gasteiger partial charge in [0.05, 0.1) is 18.2 Å². The second-order valence-corrected chi connectivity index (χ2v) is 5.76.